The SMILES string of the molecule is COc1ccc(NC(=O)C2(c3ccccc3)CCCCC2)c(C)c1. The summed E-state index contributed by atoms with van der Waals surface area (Å²) in [5.41, 5.74) is 2.60. The van der Waals surface area contributed by atoms with Crippen molar-refractivity contribution in [2.45, 2.75) is 44.4 Å². The fraction of sp³-hybridized carbons (Fsp3) is 0.381. The highest BCUT2D eigenvalue weighted by molar-refractivity contribution is 5.99. The monoisotopic (exact) mass is 323 g/mol. The summed E-state index contributed by atoms with van der Waals surface area (Å²) < 4.78 is 5.25. The summed E-state index contributed by atoms with van der Waals surface area (Å²) in [6, 6.07) is 16.0. The van der Waals surface area contributed by atoms with Crippen molar-refractivity contribution in [2.24, 2.45) is 0 Å². The summed E-state index contributed by atoms with van der Waals surface area (Å²) in [6.45, 7) is 1.99. The van der Waals surface area contributed by atoms with Crippen LogP contribution in [0.4, 0.5) is 5.69 Å². The molecular weight excluding hydrogens is 298 g/mol. The number of hydrogen-bond acceptors (Lipinski definition) is 2. The van der Waals surface area contributed by atoms with Gasteiger partial charge in [0, 0.05) is 5.69 Å². The first-order valence-corrected chi connectivity index (χ1v) is 8.67. The molecule has 1 saturated carbocycles. The van der Waals surface area contributed by atoms with Gasteiger partial charge in [0.1, 0.15) is 5.75 Å². The number of rotatable bonds is 4. The van der Waals surface area contributed by atoms with Gasteiger partial charge in [-0.05, 0) is 49.1 Å². The second-order valence-corrected chi connectivity index (χ2v) is 6.64. The molecule has 0 bridgehead atoms. The van der Waals surface area contributed by atoms with Gasteiger partial charge in [-0.1, -0.05) is 49.6 Å². The number of benzene rings is 2. The standard InChI is InChI=1S/C21H25NO2/c1-16-15-18(24-2)11-12-19(16)22-20(23)21(13-7-4-8-14-21)17-9-5-3-6-10-17/h3,5-6,9-12,15H,4,7-8,13-14H2,1-2H3,(H,22,23). The predicted octanol–water partition coefficient (Wildman–Crippen LogP) is 4.84. The molecule has 24 heavy (non-hydrogen) atoms. The van der Waals surface area contributed by atoms with Gasteiger partial charge in [0.05, 0.1) is 12.5 Å². The van der Waals surface area contributed by atoms with Gasteiger partial charge in [0.2, 0.25) is 5.91 Å². The van der Waals surface area contributed by atoms with Crippen molar-refractivity contribution < 1.29 is 9.53 Å². The summed E-state index contributed by atoms with van der Waals surface area (Å²) in [4.78, 5) is 13.3. The zero-order valence-corrected chi connectivity index (χ0v) is 14.5. The maximum Gasteiger partial charge on any atom is 0.235 e. The maximum absolute atomic E-state index is 13.3. The van der Waals surface area contributed by atoms with Crippen LogP contribution in [0.1, 0.15) is 43.2 Å². The molecule has 1 N–H and O–H groups in total. The molecule has 0 spiro atoms. The third-order valence-electron chi connectivity index (χ3n) is 5.15. The number of methoxy groups -OCH3 is 1. The van der Waals surface area contributed by atoms with E-state index in [0.717, 1.165) is 48.2 Å². The Kier molecular flexibility index (Phi) is 4.89. The molecule has 3 nitrogen and oxygen atoms in total. The molecule has 2 aromatic carbocycles. The van der Waals surface area contributed by atoms with Crippen molar-refractivity contribution in [3.05, 3.63) is 59.7 Å². The van der Waals surface area contributed by atoms with Gasteiger partial charge in [-0.2, -0.15) is 0 Å². The van der Waals surface area contributed by atoms with E-state index in [1.54, 1.807) is 7.11 Å². The number of amides is 1. The minimum absolute atomic E-state index is 0.113. The first-order chi connectivity index (χ1) is 11.7. The molecule has 0 unspecified atom stereocenters. The Morgan fingerprint density at radius 2 is 1.75 bits per heavy atom. The van der Waals surface area contributed by atoms with Crippen molar-refractivity contribution in [2.75, 3.05) is 12.4 Å². The number of nitrogens with one attached hydrogen (secondary N) is 1. The highest BCUT2D eigenvalue weighted by Crippen LogP contribution is 2.40. The van der Waals surface area contributed by atoms with E-state index in [2.05, 4.69) is 17.4 Å². The zero-order valence-electron chi connectivity index (χ0n) is 14.5. The normalized spacial score (nSPS) is 16.4. The van der Waals surface area contributed by atoms with Crippen LogP contribution >= 0.6 is 0 Å². The number of carbonyl (C=O) groups excluding carboxylic acids is 1. The first kappa shape index (κ1) is 16.6. The summed E-state index contributed by atoms with van der Waals surface area (Å²) >= 11 is 0. The number of ether oxygens (including phenoxy) is 1. The lowest BCUT2D eigenvalue weighted by Crippen LogP contribution is -2.42. The molecule has 0 radical (unpaired) electrons. The molecule has 1 aliphatic carbocycles. The number of aryl methyl sites for hydroxylation is 1. The quantitative estimate of drug-likeness (QED) is 0.874. The molecule has 0 saturated heterocycles. The largest absolute Gasteiger partial charge is 0.497 e. The van der Waals surface area contributed by atoms with E-state index in [1.165, 1.54) is 6.42 Å². The van der Waals surface area contributed by atoms with E-state index < -0.39 is 5.41 Å². The lowest BCUT2D eigenvalue weighted by Gasteiger charge is -2.36. The molecule has 126 valence electrons. The molecule has 1 aliphatic rings. The smallest absolute Gasteiger partial charge is 0.235 e. The highest BCUT2D eigenvalue weighted by Gasteiger charge is 2.41. The minimum Gasteiger partial charge on any atom is -0.497 e. The van der Waals surface area contributed by atoms with Crippen molar-refractivity contribution in [3.63, 3.8) is 0 Å². The highest BCUT2D eigenvalue weighted by atomic mass is 16.5. The van der Waals surface area contributed by atoms with Gasteiger partial charge in [0.15, 0.2) is 0 Å². The third-order valence-corrected chi connectivity index (χ3v) is 5.15. The molecule has 1 fully saturated rings. The zero-order chi connectivity index (χ0) is 17.0. The van der Waals surface area contributed by atoms with Crippen LogP contribution in [0.3, 0.4) is 0 Å². The summed E-state index contributed by atoms with van der Waals surface area (Å²) in [5.74, 6) is 0.919. The van der Waals surface area contributed by atoms with Gasteiger partial charge in [-0.25, -0.2) is 0 Å². The third kappa shape index (κ3) is 3.16. The lowest BCUT2D eigenvalue weighted by atomic mass is 9.68. The topological polar surface area (TPSA) is 38.3 Å². The fourth-order valence-corrected chi connectivity index (χ4v) is 3.70. The van der Waals surface area contributed by atoms with E-state index in [1.807, 2.05) is 43.3 Å². The Morgan fingerprint density at radius 3 is 2.38 bits per heavy atom. The van der Waals surface area contributed by atoms with Crippen molar-refractivity contribution in [1.29, 1.82) is 0 Å². The molecule has 3 heteroatoms. The predicted molar refractivity (Wildman–Crippen MR) is 97.6 cm³/mol. The summed E-state index contributed by atoms with van der Waals surface area (Å²) in [7, 11) is 1.65. The van der Waals surface area contributed by atoms with Crippen LogP contribution in [0.5, 0.6) is 5.75 Å². The van der Waals surface area contributed by atoms with Crippen LogP contribution in [0.25, 0.3) is 0 Å². The minimum atomic E-state index is -0.411. The Balaban J connectivity index is 1.90. The van der Waals surface area contributed by atoms with Crippen molar-refractivity contribution in [1.82, 2.24) is 0 Å². The molecule has 0 aromatic heterocycles. The maximum atomic E-state index is 13.3. The van der Waals surface area contributed by atoms with E-state index in [4.69, 9.17) is 4.74 Å². The van der Waals surface area contributed by atoms with Crippen LogP contribution in [-0.4, -0.2) is 13.0 Å². The van der Waals surface area contributed by atoms with Crippen LogP contribution in [0.15, 0.2) is 48.5 Å². The Hall–Kier alpha value is -2.29. The average Bonchev–Trinajstić information content (AvgIpc) is 2.64. The number of anilines is 1. The summed E-state index contributed by atoms with van der Waals surface area (Å²) in [6.07, 6.45) is 5.24. The second-order valence-electron chi connectivity index (χ2n) is 6.64. The van der Waals surface area contributed by atoms with Crippen molar-refractivity contribution >= 4 is 11.6 Å². The first-order valence-electron chi connectivity index (χ1n) is 8.67. The van der Waals surface area contributed by atoms with Gasteiger partial charge in [-0.15, -0.1) is 0 Å². The van der Waals surface area contributed by atoms with E-state index >= 15 is 0 Å². The van der Waals surface area contributed by atoms with Crippen molar-refractivity contribution in [3.8, 4) is 5.75 Å². The number of hydrogen-bond donors (Lipinski definition) is 1. The molecule has 3 rings (SSSR count). The number of carbonyl (C=O) groups is 1. The van der Waals surface area contributed by atoms with E-state index in [9.17, 15) is 4.79 Å². The van der Waals surface area contributed by atoms with Crippen LogP contribution in [0.2, 0.25) is 0 Å². The van der Waals surface area contributed by atoms with Crippen LogP contribution in [-0.2, 0) is 10.2 Å². The Labute approximate surface area is 144 Å². The van der Waals surface area contributed by atoms with E-state index in [0.29, 0.717) is 0 Å². The molecule has 0 heterocycles. The van der Waals surface area contributed by atoms with Gasteiger partial charge < -0.3 is 10.1 Å². The van der Waals surface area contributed by atoms with Gasteiger partial charge in [0.25, 0.3) is 0 Å². The van der Waals surface area contributed by atoms with Crippen LogP contribution < -0.4 is 10.1 Å². The average molecular weight is 323 g/mol. The lowest BCUT2D eigenvalue weighted by molar-refractivity contribution is -0.122. The Bertz CT molecular complexity index is 703. The van der Waals surface area contributed by atoms with Gasteiger partial charge >= 0.3 is 0 Å². The Morgan fingerprint density at radius 1 is 1.04 bits per heavy atom. The molecule has 0 atom stereocenters. The molecule has 1 amide bonds. The molecule has 2 aromatic rings. The molecule has 0 aliphatic heterocycles. The molecular formula is C21H25NO2. The van der Waals surface area contributed by atoms with Crippen LogP contribution in [0, 0.1) is 6.92 Å². The van der Waals surface area contributed by atoms with Gasteiger partial charge in [-0.3, -0.25) is 4.79 Å². The van der Waals surface area contributed by atoms with E-state index in [-0.39, 0.29) is 5.91 Å². The fourth-order valence-electron chi connectivity index (χ4n) is 3.70. The summed E-state index contributed by atoms with van der Waals surface area (Å²) in [5, 5.41) is 3.18. The second kappa shape index (κ2) is 7.08.